The Balaban J connectivity index is 1.24. The highest BCUT2D eigenvalue weighted by Gasteiger charge is 2.29. The number of ether oxygens (including phenoxy) is 1. The molecule has 0 saturated carbocycles. The molecule has 0 unspecified atom stereocenters. The van der Waals surface area contributed by atoms with Gasteiger partial charge in [-0.25, -0.2) is 14.4 Å². The fourth-order valence-corrected chi connectivity index (χ4v) is 4.27. The van der Waals surface area contributed by atoms with Gasteiger partial charge in [0.25, 0.3) is 0 Å². The Bertz CT molecular complexity index is 1110. The monoisotopic (exact) mass is 461 g/mol. The van der Waals surface area contributed by atoms with Gasteiger partial charge in [-0.05, 0) is 53.6 Å². The predicted molar refractivity (Wildman–Crippen MR) is 127 cm³/mol. The summed E-state index contributed by atoms with van der Waals surface area (Å²) in [6, 6.07) is 18.2. The fourth-order valence-electron chi connectivity index (χ4n) is 4.27. The van der Waals surface area contributed by atoms with Crippen molar-refractivity contribution in [1.82, 2.24) is 15.2 Å². The highest BCUT2D eigenvalue weighted by molar-refractivity contribution is 5.81. The molecule has 3 N–H and O–H groups in total. The average Bonchev–Trinajstić information content (AvgIpc) is 3.49. The number of benzene rings is 2. The van der Waals surface area contributed by atoms with E-state index in [1.807, 2.05) is 36.4 Å². The van der Waals surface area contributed by atoms with Crippen LogP contribution in [0.1, 0.15) is 36.3 Å². The van der Waals surface area contributed by atoms with Crippen LogP contribution in [-0.4, -0.2) is 47.0 Å². The number of carbonyl (C=O) groups is 3. The molecule has 0 saturated heterocycles. The molecule has 1 heterocycles. The van der Waals surface area contributed by atoms with Gasteiger partial charge in [-0.1, -0.05) is 48.5 Å². The molecule has 3 aromatic rings. The van der Waals surface area contributed by atoms with Crippen LogP contribution in [0.25, 0.3) is 11.1 Å². The molecule has 8 heteroatoms. The molecule has 0 radical (unpaired) electrons. The molecular formula is C26H27N3O5. The van der Waals surface area contributed by atoms with Crippen LogP contribution in [0.4, 0.5) is 9.59 Å². The zero-order valence-electron chi connectivity index (χ0n) is 18.6. The quantitative estimate of drug-likeness (QED) is 0.414. The Kier molecular flexibility index (Phi) is 7.27. The van der Waals surface area contributed by atoms with E-state index in [9.17, 15) is 19.5 Å². The van der Waals surface area contributed by atoms with Crippen molar-refractivity contribution in [2.75, 3.05) is 13.2 Å². The minimum Gasteiger partial charge on any atom is -0.480 e. The molecule has 4 rings (SSSR count). The van der Waals surface area contributed by atoms with E-state index in [-0.39, 0.29) is 25.0 Å². The normalized spacial score (nSPS) is 12.9. The Labute approximate surface area is 197 Å². The van der Waals surface area contributed by atoms with E-state index in [1.54, 1.807) is 24.5 Å². The van der Waals surface area contributed by atoms with Crippen LogP contribution in [-0.2, 0) is 9.53 Å². The number of carbonyl (C=O) groups excluding carboxylic acids is 2. The first kappa shape index (κ1) is 23.1. The van der Waals surface area contributed by atoms with Crippen LogP contribution < -0.4 is 10.6 Å². The van der Waals surface area contributed by atoms with Crippen LogP contribution >= 0.6 is 0 Å². The van der Waals surface area contributed by atoms with Crippen molar-refractivity contribution in [2.24, 2.45) is 0 Å². The maximum Gasteiger partial charge on any atom is 0.407 e. The number of aromatic nitrogens is 1. The number of hydrogen-bond acceptors (Lipinski definition) is 4. The third kappa shape index (κ3) is 5.28. The third-order valence-electron chi connectivity index (χ3n) is 5.97. The van der Waals surface area contributed by atoms with E-state index >= 15 is 0 Å². The Hall–Kier alpha value is -4.07. The van der Waals surface area contributed by atoms with E-state index in [2.05, 4.69) is 22.8 Å². The van der Waals surface area contributed by atoms with Crippen molar-refractivity contribution in [1.29, 1.82) is 0 Å². The zero-order chi connectivity index (χ0) is 23.9. The molecule has 2 amide bonds. The highest BCUT2D eigenvalue weighted by Crippen LogP contribution is 2.44. The van der Waals surface area contributed by atoms with Crippen LogP contribution in [0, 0.1) is 0 Å². The molecule has 1 aromatic heterocycles. The number of carboxylic acid groups (broad SMARTS) is 1. The topological polar surface area (TPSA) is 110 Å². The van der Waals surface area contributed by atoms with Crippen LogP contribution in [0.5, 0.6) is 0 Å². The van der Waals surface area contributed by atoms with E-state index in [4.69, 9.17) is 4.74 Å². The van der Waals surface area contributed by atoms with Crippen molar-refractivity contribution in [3.63, 3.8) is 0 Å². The molecule has 0 bridgehead atoms. The molecule has 0 fully saturated rings. The van der Waals surface area contributed by atoms with Crippen LogP contribution in [0.2, 0.25) is 0 Å². The summed E-state index contributed by atoms with van der Waals surface area (Å²) < 4.78 is 6.88. The summed E-state index contributed by atoms with van der Waals surface area (Å²) in [6.07, 6.45) is 3.88. The lowest BCUT2D eigenvalue weighted by Crippen LogP contribution is -2.41. The number of carboxylic acids is 1. The second kappa shape index (κ2) is 10.7. The summed E-state index contributed by atoms with van der Waals surface area (Å²) in [4.78, 5) is 35.9. The van der Waals surface area contributed by atoms with Crippen molar-refractivity contribution >= 4 is 18.1 Å². The van der Waals surface area contributed by atoms with E-state index in [0.29, 0.717) is 19.4 Å². The first-order valence-electron chi connectivity index (χ1n) is 11.3. The molecule has 1 atom stereocenters. The van der Waals surface area contributed by atoms with Gasteiger partial charge in [-0.2, -0.15) is 0 Å². The number of rotatable bonds is 9. The zero-order valence-corrected chi connectivity index (χ0v) is 18.6. The summed E-state index contributed by atoms with van der Waals surface area (Å²) in [7, 11) is 0. The number of alkyl carbamates (subject to hydrolysis) is 1. The molecule has 1 aliphatic carbocycles. The SMILES string of the molecule is O=C(N[C@@H](CCCCNC(=O)n1cccc1)C(=O)O)OCC1c2ccccc2-c2ccccc21. The first-order valence-corrected chi connectivity index (χ1v) is 11.3. The van der Waals surface area contributed by atoms with Crippen molar-refractivity contribution in [3.05, 3.63) is 84.2 Å². The second-order valence-corrected chi connectivity index (χ2v) is 8.18. The minimum atomic E-state index is -1.12. The predicted octanol–water partition coefficient (Wildman–Crippen LogP) is 4.21. The second-order valence-electron chi connectivity index (χ2n) is 8.18. The summed E-state index contributed by atoms with van der Waals surface area (Å²) in [5, 5.41) is 14.7. The van der Waals surface area contributed by atoms with Gasteiger partial charge in [0.15, 0.2) is 0 Å². The lowest BCUT2D eigenvalue weighted by Gasteiger charge is -2.17. The molecule has 8 nitrogen and oxygen atoms in total. The van der Waals surface area contributed by atoms with E-state index < -0.39 is 18.1 Å². The molecule has 1 aliphatic rings. The van der Waals surface area contributed by atoms with E-state index in [1.165, 1.54) is 4.57 Å². The fraction of sp³-hybridized carbons (Fsp3) is 0.269. The van der Waals surface area contributed by atoms with Crippen molar-refractivity contribution in [2.45, 2.75) is 31.2 Å². The maximum atomic E-state index is 12.4. The molecule has 0 spiro atoms. The highest BCUT2D eigenvalue weighted by atomic mass is 16.5. The van der Waals surface area contributed by atoms with Crippen LogP contribution in [0.3, 0.4) is 0 Å². The number of nitrogens with zero attached hydrogens (tertiary/aromatic N) is 1. The summed E-state index contributed by atoms with van der Waals surface area (Å²) in [5.41, 5.74) is 4.43. The Morgan fingerprint density at radius 2 is 1.53 bits per heavy atom. The van der Waals surface area contributed by atoms with Gasteiger partial charge in [0.2, 0.25) is 0 Å². The van der Waals surface area contributed by atoms with Gasteiger partial charge in [-0.15, -0.1) is 0 Å². The van der Waals surface area contributed by atoms with Gasteiger partial charge in [-0.3, -0.25) is 4.57 Å². The number of fused-ring (bicyclic) bond motifs is 3. The van der Waals surface area contributed by atoms with Gasteiger partial charge in [0, 0.05) is 24.9 Å². The minimum absolute atomic E-state index is 0.0923. The summed E-state index contributed by atoms with van der Waals surface area (Å²) in [6.45, 7) is 0.534. The standard InChI is InChI=1S/C26H27N3O5/c30-24(31)23(13-5-6-14-27-25(32)29-15-7-8-16-29)28-26(33)34-17-22-20-11-3-1-9-18(20)19-10-2-4-12-21(19)22/h1-4,7-12,15-16,22-23H,5-6,13-14,17H2,(H,27,32)(H,28,33)(H,30,31)/t23-/m0/s1. The van der Waals surface area contributed by atoms with Gasteiger partial charge < -0.3 is 20.5 Å². The lowest BCUT2D eigenvalue weighted by atomic mass is 9.98. The number of hydrogen-bond donors (Lipinski definition) is 3. The van der Waals surface area contributed by atoms with Gasteiger partial charge in [0.05, 0.1) is 0 Å². The number of aliphatic carboxylic acids is 1. The maximum absolute atomic E-state index is 12.4. The largest absolute Gasteiger partial charge is 0.480 e. The molecule has 0 aliphatic heterocycles. The average molecular weight is 462 g/mol. The van der Waals surface area contributed by atoms with E-state index in [0.717, 1.165) is 22.3 Å². The molecule has 176 valence electrons. The molecule has 34 heavy (non-hydrogen) atoms. The summed E-state index contributed by atoms with van der Waals surface area (Å²) in [5.74, 6) is -1.21. The Morgan fingerprint density at radius 3 is 2.15 bits per heavy atom. The third-order valence-corrected chi connectivity index (χ3v) is 5.97. The molecule has 2 aromatic carbocycles. The number of unbranched alkanes of at least 4 members (excludes halogenated alkanes) is 1. The lowest BCUT2D eigenvalue weighted by molar-refractivity contribution is -0.139. The molecular weight excluding hydrogens is 434 g/mol. The van der Waals surface area contributed by atoms with Crippen molar-refractivity contribution < 1.29 is 24.2 Å². The van der Waals surface area contributed by atoms with Gasteiger partial charge in [0.1, 0.15) is 12.6 Å². The first-order chi connectivity index (χ1) is 16.5. The smallest absolute Gasteiger partial charge is 0.407 e. The van der Waals surface area contributed by atoms with Gasteiger partial charge >= 0.3 is 18.1 Å². The number of amides is 2. The number of nitrogens with one attached hydrogen (secondary N) is 2. The Morgan fingerprint density at radius 1 is 0.912 bits per heavy atom. The van der Waals surface area contributed by atoms with Crippen molar-refractivity contribution in [3.8, 4) is 11.1 Å². The van der Waals surface area contributed by atoms with Crippen LogP contribution in [0.15, 0.2) is 73.1 Å². The summed E-state index contributed by atoms with van der Waals surface area (Å²) >= 11 is 0.